The lowest BCUT2D eigenvalue weighted by atomic mass is 10.2. The number of halogens is 1. The van der Waals surface area contributed by atoms with E-state index in [1.54, 1.807) is 24.3 Å². The van der Waals surface area contributed by atoms with Crippen LogP contribution in [0.1, 0.15) is 12.6 Å². The maximum absolute atomic E-state index is 13.8. The Labute approximate surface area is 106 Å². The molecule has 0 saturated carbocycles. The molecule has 0 saturated heterocycles. The van der Waals surface area contributed by atoms with Crippen molar-refractivity contribution in [2.45, 2.75) is 13.8 Å². The van der Waals surface area contributed by atoms with Crippen molar-refractivity contribution in [2.24, 2.45) is 0 Å². The summed E-state index contributed by atoms with van der Waals surface area (Å²) in [6, 6.07) is 10.3. The molecule has 1 aromatic heterocycles. The van der Waals surface area contributed by atoms with Crippen LogP contribution in [0.5, 0.6) is 0 Å². The Balaban J connectivity index is 2.45. The normalized spacial score (nSPS) is 10.4. The molecule has 0 amide bonds. The number of anilines is 3. The van der Waals surface area contributed by atoms with Crippen LogP contribution in [-0.4, -0.2) is 11.5 Å². The van der Waals surface area contributed by atoms with Crippen LogP contribution >= 0.6 is 0 Å². The molecule has 1 aromatic carbocycles. The number of nitrogens with zero attached hydrogens (tertiary/aromatic N) is 2. The van der Waals surface area contributed by atoms with Gasteiger partial charge in [0.15, 0.2) is 0 Å². The summed E-state index contributed by atoms with van der Waals surface area (Å²) >= 11 is 0. The van der Waals surface area contributed by atoms with E-state index in [9.17, 15) is 4.39 Å². The van der Waals surface area contributed by atoms with E-state index in [-0.39, 0.29) is 5.82 Å². The molecular weight excluding hydrogens is 229 g/mol. The van der Waals surface area contributed by atoms with E-state index >= 15 is 0 Å². The van der Waals surface area contributed by atoms with Gasteiger partial charge in [-0.1, -0.05) is 12.1 Å². The molecule has 0 spiro atoms. The lowest BCUT2D eigenvalue weighted by Gasteiger charge is -2.23. The van der Waals surface area contributed by atoms with Gasteiger partial charge in [-0.2, -0.15) is 0 Å². The average molecular weight is 245 g/mol. The second-order valence-corrected chi connectivity index (χ2v) is 4.04. The van der Waals surface area contributed by atoms with Crippen molar-refractivity contribution < 1.29 is 4.39 Å². The van der Waals surface area contributed by atoms with Crippen molar-refractivity contribution in [1.82, 2.24) is 4.98 Å². The van der Waals surface area contributed by atoms with Gasteiger partial charge in [0.05, 0.1) is 17.1 Å². The fraction of sp³-hybridized carbons (Fsp3) is 0.214. The van der Waals surface area contributed by atoms with Crippen LogP contribution in [-0.2, 0) is 0 Å². The highest BCUT2D eigenvalue weighted by molar-refractivity contribution is 5.62. The van der Waals surface area contributed by atoms with Gasteiger partial charge in [0.2, 0.25) is 0 Å². The minimum Gasteiger partial charge on any atom is -0.397 e. The molecule has 2 rings (SSSR count). The number of para-hydroxylation sites is 1. The quantitative estimate of drug-likeness (QED) is 0.902. The molecule has 0 aliphatic heterocycles. The van der Waals surface area contributed by atoms with Gasteiger partial charge < -0.3 is 10.6 Å². The first-order chi connectivity index (χ1) is 8.63. The van der Waals surface area contributed by atoms with Crippen molar-refractivity contribution in [1.29, 1.82) is 0 Å². The summed E-state index contributed by atoms with van der Waals surface area (Å²) in [6.07, 6.45) is 0. The van der Waals surface area contributed by atoms with Crippen LogP contribution in [0.15, 0.2) is 36.4 Å². The molecule has 3 nitrogen and oxygen atoms in total. The summed E-state index contributed by atoms with van der Waals surface area (Å²) in [4.78, 5) is 6.22. The zero-order valence-corrected chi connectivity index (χ0v) is 10.5. The van der Waals surface area contributed by atoms with Crippen LogP contribution in [0.25, 0.3) is 0 Å². The maximum atomic E-state index is 13.8. The molecule has 1 heterocycles. The Hall–Kier alpha value is -2.10. The van der Waals surface area contributed by atoms with Gasteiger partial charge in [0.25, 0.3) is 0 Å². The number of benzene rings is 1. The molecule has 0 fully saturated rings. The predicted molar refractivity (Wildman–Crippen MR) is 72.5 cm³/mol. The lowest BCUT2D eigenvalue weighted by molar-refractivity contribution is 0.625. The Morgan fingerprint density at radius 1 is 1.22 bits per heavy atom. The van der Waals surface area contributed by atoms with Crippen molar-refractivity contribution in [2.75, 3.05) is 17.2 Å². The second-order valence-electron chi connectivity index (χ2n) is 4.04. The topological polar surface area (TPSA) is 42.1 Å². The minimum absolute atomic E-state index is 0.254. The van der Waals surface area contributed by atoms with Crippen LogP contribution in [0.3, 0.4) is 0 Å². The number of nitrogens with two attached hydrogens (primary N) is 1. The summed E-state index contributed by atoms with van der Waals surface area (Å²) in [7, 11) is 0. The number of rotatable bonds is 3. The molecule has 0 radical (unpaired) electrons. The fourth-order valence-electron chi connectivity index (χ4n) is 1.84. The number of nitrogen functional groups attached to an aromatic ring is 1. The van der Waals surface area contributed by atoms with Gasteiger partial charge in [-0.05, 0) is 38.1 Å². The number of aromatic nitrogens is 1. The molecule has 2 aromatic rings. The third-order valence-corrected chi connectivity index (χ3v) is 2.85. The van der Waals surface area contributed by atoms with E-state index in [1.807, 2.05) is 24.8 Å². The monoisotopic (exact) mass is 245 g/mol. The van der Waals surface area contributed by atoms with E-state index in [2.05, 4.69) is 4.98 Å². The zero-order chi connectivity index (χ0) is 13.1. The SMILES string of the molecule is CCN(c1ccc(N)c(C)n1)c1ccccc1F. The molecule has 0 unspecified atom stereocenters. The van der Waals surface area contributed by atoms with E-state index in [0.717, 1.165) is 5.69 Å². The summed E-state index contributed by atoms with van der Waals surface area (Å²) < 4.78 is 13.8. The van der Waals surface area contributed by atoms with E-state index in [0.29, 0.717) is 23.7 Å². The highest BCUT2D eigenvalue weighted by atomic mass is 19.1. The first kappa shape index (κ1) is 12.4. The fourth-order valence-corrected chi connectivity index (χ4v) is 1.84. The number of hydrogen-bond donors (Lipinski definition) is 1. The summed E-state index contributed by atoms with van der Waals surface area (Å²) in [6.45, 7) is 4.44. The van der Waals surface area contributed by atoms with Gasteiger partial charge in [0.1, 0.15) is 11.6 Å². The Kier molecular flexibility index (Phi) is 3.46. The summed E-state index contributed by atoms with van der Waals surface area (Å²) in [5.41, 5.74) is 7.66. The van der Waals surface area contributed by atoms with Crippen LogP contribution in [0, 0.1) is 12.7 Å². The molecule has 2 N–H and O–H groups in total. The third-order valence-electron chi connectivity index (χ3n) is 2.85. The number of aryl methyl sites for hydroxylation is 1. The smallest absolute Gasteiger partial charge is 0.146 e. The molecule has 0 atom stereocenters. The molecule has 4 heteroatoms. The first-order valence-electron chi connectivity index (χ1n) is 5.88. The lowest BCUT2D eigenvalue weighted by Crippen LogP contribution is -2.19. The highest BCUT2D eigenvalue weighted by Gasteiger charge is 2.13. The highest BCUT2D eigenvalue weighted by Crippen LogP contribution is 2.27. The van der Waals surface area contributed by atoms with Crippen LogP contribution in [0.4, 0.5) is 21.6 Å². The standard InChI is InChI=1S/C14H16FN3/c1-3-18(13-7-5-4-6-11(13)15)14-9-8-12(16)10(2)17-14/h4-9H,3,16H2,1-2H3. The van der Waals surface area contributed by atoms with Gasteiger partial charge in [0, 0.05) is 6.54 Å². The van der Waals surface area contributed by atoms with Crippen molar-refractivity contribution in [3.8, 4) is 0 Å². The minimum atomic E-state index is -0.254. The average Bonchev–Trinajstić information content (AvgIpc) is 2.37. The molecule has 0 bridgehead atoms. The summed E-state index contributed by atoms with van der Waals surface area (Å²) in [5, 5.41) is 0. The van der Waals surface area contributed by atoms with Crippen molar-refractivity contribution >= 4 is 17.2 Å². The van der Waals surface area contributed by atoms with E-state index in [4.69, 9.17) is 5.73 Å². The Bertz CT molecular complexity index is 554. The largest absolute Gasteiger partial charge is 0.397 e. The molecule has 0 aliphatic carbocycles. The summed E-state index contributed by atoms with van der Waals surface area (Å²) in [5.74, 6) is 0.449. The van der Waals surface area contributed by atoms with Crippen molar-refractivity contribution in [3.05, 3.63) is 47.9 Å². The van der Waals surface area contributed by atoms with Gasteiger partial charge >= 0.3 is 0 Å². The van der Waals surface area contributed by atoms with Gasteiger partial charge in [-0.25, -0.2) is 9.37 Å². The predicted octanol–water partition coefficient (Wildman–Crippen LogP) is 3.27. The van der Waals surface area contributed by atoms with E-state index < -0.39 is 0 Å². The first-order valence-corrected chi connectivity index (χ1v) is 5.88. The molecular formula is C14H16FN3. The molecule has 94 valence electrons. The Morgan fingerprint density at radius 2 is 1.94 bits per heavy atom. The maximum Gasteiger partial charge on any atom is 0.146 e. The van der Waals surface area contributed by atoms with Crippen molar-refractivity contribution in [3.63, 3.8) is 0 Å². The number of hydrogen-bond acceptors (Lipinski definition) is 3. The Morgan fingerprint density at radius 3 is 2.56 bits per heavy atom. The van der Waals surface area contributed by atoms with E-state index in [1.165, 1.54) is 6.07 Å². The molecule has 0 aliphatic rings. The zero-order valence-electron chi connectivity index (χ0n) is 10.5. The number of pyridine rings is 1. The van der Waals surface area contributed by atoms with Gasteiger partial charge in [-0.15, -0.1) is 0 Å². The van der Waals surface area contributed by atoms with Gasteiger partial charge in [-0.3, -0.25) is 0 Å². The van der Waals surface area contributed by atoms with Crippen LogP contribution in [0.2, 0.25) is 0 Å². The third kappa shape index (κ3) is 2.27. The van der Waals surface area contributed by atoms with Crippen LogP contribution < -0.4 is 10.6 Å². The second kappa shape index (κ2) is 5.04. The molecule has 18 heavy (non-hydrogen) atoms.